The minimum Gasteiger partial charge on any atom is -0.481 e. The summed E-state index contributed by atoms with van der Waals surface area (Å²) in [6.45, 7) is 1.56. The Kier molecular flexibility index (Phi) is 5.76. The Morgan fingerprint density at radius 3 is 2.63 bits per heavy atom. The molecule has 2 aromatic rings. The maximum Gasteiger partial charge on any atom is 0.230 e. The first-order valence-electron chi connectivity index (χ1n) is 10.4. The van der Waals surface area contributed by atoms with Crippen LogP contribution in [0.4, 0.5) is 17.6 Å². The monoisotopic (exact) mass is 415 g/mol. The van der Waals surface area contributed by atoms with E-state index in [0.29, 0.717) is 29.2 Å². The maximum absolute atomic E-state index is 12.1. The zero-order valence-electron chi connectivity index (χ0n) is 17.6. The van der Waals surface area contributed by atoms with Gasteiger partial charge in [-0.1, -0.05) is 0 Å². The second kappa shape index (κ2) is 8.47. The minimum absolute atomic E-state index is 0.114. The van der Waals surface area contributed by atoms with Crippen LogP contribution in [0.3, 0.4) is 0 Å². The summed E-state index contributed by atoms with van der Waals surface area (Å²) < 4.78 is 5.38. The number of aliphatic hydroxyl groups excluding tert-OH is 1. The Bertz CT molecular complexity index is 888. The van der Waals surface area contributed by atoms with Crippen molar-refractivity contribution in [3.63, 3.8) is 0 Å². The predicted molar refractivity (Wildman–Crippen MR) is 112 cm³/mol. The number of aromatic amines is 1. The SMILES string of the molecule is COc1cc(Nc2cc(CO)[nH]n2)nc(N(C)C2C[C@H]3CCC[C@@H](C2)N3C(C)=O)n1. The van der Waals surface area contributed by atoms with Crippen molar-refractivity contribution in [2.75, 3.05) is 24.4 Å². The molecule has 2 aromatic heterocycles. The lowest BCUT2D eigenvalue weighted by Crippen LogP contribution is -2.58. The Labute approximate surface area is 175 Å². The van der Waals surface area contributed by atoms with E-state index in [0.717, 1.165) is 25.7 Å². The Morgan fingerprint density at radius 2 is 2.03 bits per heavy atom. The van der Waals surface area contributed by atoms with Crippen LogP contribution in [0.5, 0.6) is 5.88 Å². The number of hydrogen-bond donors (Lipinski definition) is 3. The molecule has 3 N–H and O–H groups in total. The van der Waals surface area contributed by atoms with Crippen LogP contribution in [-0.4, -0.2) is 68.4 Å². The average Bonchev–Trinajstić information content (AvgIpc) is 3.19. The van der Waals surface area contributed by atoms with E-state index in [1.807, 2.05) is 7.05 Å². The molecule has 10 nitrogen and oxygen atoms in total. The van der Waals surface area contributed by atoms with Crippen molar-refractivity contribution in [2.45, 2.75) is 63.8 Å². The number of fused-ring (bicyclic) bond motifs is 2. The Balaban J connectivity index is 1.54. The van der Waals surface area contributed by atoms with Gasteiger partial charge in [-0.2, -0.15) is 15.1 Å². The molecule has 2 aliphatic heterocycles. The van der Waals surface area contributed by atoms with Gasteiger partial charge in [0.15, 0.2) is 5.82 Å². The van der Waals surface area contributed by atoms with Gasteiger partial charge in [0.25, 0.3) is 0 Å². The number of amides is 1. The topological polar surface area (TPSA) is 119 Å². The van der Waals surface area contributed by atoms with Crippen molar-refractivity contribution in [3.8, 4) is 5.88 Å². The van der Waals surface area contributed by atoms with Gasteiger partial charge in [-0.15, -0.1) is 0 Å². The van der Waals surface area contributed by atoms with E-state index in [4.69, 9.17) is 4.74 Å². The molecule has 0 saturated carbocycles. The molecule has 1 amide bonds. The molecule has 2 aliphatic rings. The highest BCUT2D eigenvalue weighted by Gasteiger charge is 2.41. The fraction of sp³-hybridized carbons (Fsp3) is 0.600. The summed E-state index contributed by atoms with van der Waals surface area (Å²) in [6.07, 6.45) is 5.11. The highest BCUT2D eigenvalue weighted by Crippen LogP contribution is 2.36. The lowest BCUT2D eigenvalue weighted by molar-refractivity contribution is -0.138. The Hall–Kier alpha value is -2.88. The zero-order chi connectivity index (χ0) is 21.3. The fourth-order valence-corrected chi connectivity index (χ4v) is 4.72. The van der Waals surface area contributed by atoms with E-state index in [2.05, 4.69) is 35.3 Å². The number of H-pyrrole nitrogens is 1. The van der Waals surface area contributed by atoms with Crippen LogP contribution in [0.25, 0.3) is 0 Å². The number of carbonyl (C=O) groups excluding carboxylic acids is 1. The van der Waals surface area contributed by atoms with Crippen LogP contribution in [-0.2, 0) is 11.4 Å². The quantitative estimate of drug-likeness (QED) is 0.654. The molecular formula is C20H29N7O3. The van der Waals surface area contributed by atoms with E-state index in [-0.39, 0.29) is 30.6 Å². The summed E-state index contributed by atoms with van der Waals surface area (Å²) in [6, 6.07) is 4.24. The number of ether oxygens (including phenoxy) is 1. The van der Waals surface area contributed by atoms with Crippen molar-refractivity contribution in [3.05, 3.63) is 17.8 Å². The van der Waals surface area contributed by atoms with E-state index in [9.17, 15) is 9.90 Å². The van der Waals surface area contributed by atoms with Gasteiger partial charge >= 0.3 is 0 Å². The molecule has 4 rings (SSSR count). The summed E-state index contributed by atoms with van der Waals surface area (Å²) in [5.41, 5.74) is 0.611. The van der Waals surface area contributed by atoms with Crippen LogP contribution < -0.4 is 15.0 Å². The number of piperidine rings is 2. The molecule has 30 heavy (non-hydrogen) atoms. The van der Waals surface area contributed by atoms with E-state index < -0.39 is 0 Å². The number of hydrogen-bond acceptors (Lipinski definition) is 8. The summed E-state index contributed by atoms with van der Waals surface area (Å²) in [5.74, 6) is 2.30. The average molecular weight is 415 g/mol. The summed E-state index contributed by atoms with van der Waals surface area (Å²) in [7, 11) is 3.57. The van der Waals surface area contributed by atoms with Crippen LogP contribution >= 0.6 is 0 Å². The first kappa shape index (κ1) is 20.4. The van der Waals surface area contributed by atoms with E-state index in [1.165, 1.54) is 6.42 Å². The van der Waals surface area contributed by atoms with Crippen LogP contribution in [0, 0.1) is 0 Å². The fourth-order valence-electron chi connectivity index (χ4n) is 4.72. The summed E-state index contributed by atoms with van der Waals surface area (Å²) in [4.78, 5) is 25.5. The number of rotatable bonds is 6. The minimum atomic E-state index is -0.114. The number of carbonyl (C=O) groups is 1. The normalized spacial score (nSPS) is 23.2. The third kappa shape index (κ3) is 4.04. The molecule has 1 unspecified atom stereocenters. The second-order valence-electron chi connectivity index (χ2n) is 8.06. The number of methoxy groups -OCH3 is 1. The van der Waals surface area contributed by atoms with Crippen molar-refractivity contribution in [1.82, 2.24) is 25.1 Å². The van der Waals surface area contributed by atoms with Gasteiger partial charge in [0.2, 0.25) is 17.7 Å². The van der Waals surface area contributed by atoms with E-state index >= 15 is 0 Å². The third-order valence-corrected chi connectivity index (χ3v) is 6.13. The lowest BCUT2D eigenvalue weighted by atomic mass is 9.81. The predicted octanol–water partition coefficient (Wildman–Crippen LogP) is 1.81. The number of anilines is 3. The van der Waals surface area contributed by atoms with Gasteiger partial charge in [0, 0.05) is 44.2 Å². The molecule has 2 bridgehead atoms. The van der Waals surface area contributed by atoms with Crippen LogP contribution in [0.1, 0.15) is 44.7 Å². The molecule has 2 saturated heterocycles. The molecule has 2 fully saturated rings. The highest BCUT2D eigenvalue weighted by molar-refractivity contribution is 5.74. The van der Waals surface area contributed by atoms with E-state index in [1.54, 1.807) is 26.2 Å². The molecule has 162 valence electrons. The Morgan fingerprint density at radius 1 is 1.30 bits per heavy atom. The molecule has 0 radical (unpaired) electrons. The maximum atomic E-state index is 12.1. The zero-order valence-corrected chi connectivity index (χ0v) is 17.6. The summed E-state index contributed by atoms with van der Waals surface area (Å²) in [5, 5.41) is 19.2. The molecule has 0 aromatic carbocycles. The summed E-state index contributed by atoms with van der Waals surface area (Å²) >= 11 is 0. The molecule has 0 spiro atoms. The van der Waals surface area contributed by atoms with Crippen molar-refractivity contribution in [2.24, 2.45) is 0 Å². The van der Waals surface area contributed by atoms with Gasteiger partial charge in [-0.05, 0) is 32.1 Å². The molecule has 3 atom stereocenters. The molecular weight excluding hydrogens is 386 g/mol. The highest BCUT2D eigenvalue weighted by atomic mass is 16.5. The third-order valence-electron chi connectivity index (χ3n) is 6.13. The molecule has 4 heterocycles. The van der Waals surface area contributed by atoms with Gasteiger partial charge in [-0.3, -0.25) is 9.89 Å². The first-order valence-corrected chi connectivity index (χ1v) is 10.4. The van der Waals surface area contributed by atoms with Gasteiger partial charge in [0.1, 0.15) is 5.82 Å². The van der Waals surface area contributed by atoms with Crippen molar-refractivity contribution >= 4 is 23.5 Å². The van der Waals surface area contributed by atoms with Crippen molar-refractivity contribution < 1.29 is 14.6 Å². The van der Waals surface area contributed by atoms with Crippen molar-refractivity contribution in [1.29, 1.82) is 0 Å². The van der Waals surface area contributed by atoms with Crippen LogP contribution in [0.15, 0.2) is 12.1 Å². The molecule has 10 heteroatoms. The van der Waals surface area contributed by atoms with Crippen LogP contribution in [0.2, 0.25) is 0 Å². The van der Waals surface area contributed by atoms with Gasteiger partial charge < -0.3 is 25.0 Å². The second-order valence-corrected chi connectivity index (χ2v) is 8.06. The number of aromatic nitrogens is 4. The number of aliphatic hydroxyl groups is 1. The van der Waals surface area contributed by atoms with Gasteiger partial charge in [0.05, 0.1) is 19.4 Å². The number of nitrogens with zero attached hydrogens (tertiary/aromatic N) is 5. The smallest absolute Gasteiger partial charge is 0.230 e. The first-order chi connectivity index (χ1) is 14.5. The lowest BCUT2D eigenvalue weighted by Gasteiger charge is -2.50. The largest absolute Gasteiger partial charge is 0.481 e. The van der Waals surface area contributed by atoms with Gasteiger partial charge in [-0.25, -0.2) is 0 Å². The number of nitrogens with one attached hydrogen (secondary N) is 2. The standard InChI is InChI=1S/C20H29N7O3/c1-12(29)27-14-5-4-6-15(27)9-16(8-14)26(2)20-22-17(10-19(23-20)30-3)21-18-7-13(11-28)24-25-18/h7,10,14-16,28H,4-6,8-9,11H2,1-3H3,(H2,21,22,23,24,25)/t14-,15+,16?. The molecule has 0 aliphatic carbocycles.